The maximum Gasteiger partial charge on any atom is 0.328 e. The van der Waals surface area contributed by atoms with Crippen LogP contribution in [-0.4, -0.2) is 21.4 Å². The summed E-state index contributed by atoms with van der Waals surface area (Å²) in [4.78, 5) is 13.7. The summed E-state index contributed by atoms with van der Waals surface area (Å²) in [6.45, 7) is 18.4. The van der Waals surface area contributed by atoms with Crippen LogP contribution in [0.4, 0.5) is 0 Å². The lowest BCUT2D eigenvalue weighted by molar-refractivity contribution is 0.0273. The number of carbonyl (C=O) groups is 1. The van der Waals surface area contributed by atoms with Crippen LogP contribution < -0.4 is 4.74 Å². The highest BCUT2D eigenvalue weighted by molar-refractivity contribution is 6.79. The summed E-state index contributed by atoms with van der Waals surface area (Å²) in [5, 5.41) is 0. The van der Waals surface area contributed by atoms with E-state index in [9.17, 15) is 4.79 Å². The standard InChI is InChI=1S/C31H50O3Si/c1-10-23-12-14-28-25-13-11-22-17-27(30(32)34-35(19(2)3,20(4)5)21(6)7)29(33-9)18-26(22)24(25)15-16-31(23,28)8/h17-21,23-25,28H,10-16H2,1-9H3/t23-,24-,25+,28-,31+/m0/s1. The lowest BCUT2D eigenvalue weighted by Crippen LogP contribution is -2.49. The van der Waals surface area contributed by atoms with Crippen LogP contribution in [0.1, 0.15) is 121 Å². The zero-order chi connectivity index (χ0) is 25.7. The molecule has 0 aromatic heterocycles. The minimum atomic E-state index is -2.31. The zero-order valence-electron chi connectivity index (χ0n) is 23.9. The van der Waals surface area contributed by atoms with Crippen LogP contribution in [0, 0.1) is 23.2 Å². The molecule has 5 atom stereocenters. The van der Waals surface area contributed by atoms with Crippen molar-refractivity contribution in [3.63, 3.8) is 0 Å². The third-order valence-electron chi connectivity index (χ3n) is 10.9. The van der Waals surface area contributed by atoms with Crippen LogP contribution in [0.2, 0.25) is 16.6 Å². The minimum absolute atomic E-state index is 0.174. The largest absolute Gasteiger partial charge is 0.515 e. The van der Waals surface area contributed by atoms with Crippen LogP contribution in [0.5, 0.6) is 5.75 Å². The summed E-state index contributed by atoms with van der Waals surface area (Å²) in [6, 6.07) is 4.37. The maximum absolute atomic E-state index is 13.7. The van der Waals surface area contributed by atoms with Gasteiger partial charge in [0.1, 0.15) is 11.3 Å². The third-order valence-corrected chi connectivity index (χ3v) is 16.9. The fourth-order valence-electron chi connectivity index (χ4n) is 9.28. The van der Waals surface area contributed by atoms with E-state index in [-0.39, 0.29) is 5.97 Å². The van der Waals surface area contributed by atoms with Crippen molar-refractivity contribution in [3.05, 3.63) is 28.8 Å². The number of hydrogen-bond donors (Lipinski definition) is 0. The highest BCUT2D eigenvalue weighted by atomic mass is 28.4. The molecule has 2 saturated carbocycles. The molecular weight excluding hydrogens is 448 g/mol. The highest BCUT2D eigenvalue weighted by Gasteiger charge is 2.54. The molecule has 0 N–H and O–H groups in total. The van der Waals surface area contributed by atoms with Gasteiger partial charge in [-0.15, -0.1) is 0 Å². The van der Waals surface area contributed by atoms with Crippen LogP contribution >= 0.6 is 0 Å². The molecular formula is C31H50O3Si. The Morgan fingerprint density at radius 1 is 1.03 bits per heavy atom. The number of methoxy groups -OCH3 is 1. The lowest BCUT2D eigenvalue weighted by atomic mass is 9.54. The average Bonchev–Trinajstić information content (AvgIpc) is 3.16. The third kappa shape index (κ3) is 4.20. The summed E-state index contributed by atoms with van der Waals surface area (Å²) in [6.07, 6.45) is 9.10. The fourth-order valence-corrected chi connectivity index (χ4v) is 14.4. The van der Waals surface area contributed by atoms with Crippen LogP contribution in [0.3, 0.4) is 0 Å². The topological polar surface area (TPSA) is 35.5 Å². The second-order valence-corrected chi connectivity index (χ2v) is 18.5. The summed E-state index contributed by atoms with van der Waals surface area (Å²) in [7, 11) is -0.605. The SMILES string of the molecule is CC[C@H]1CC[C@H]2[C@@H]3CCc4cc(C(=O)O[Si](C(C)C)(C(C)C)C(C)C)c(OC)cc4[C@H]3CC[C@]12C. The lowest BCUT2D eigenvalue weighted by Gasteiger charge is -2.51. The van der Waals surface area contributed by atoms with Gasteiger partial charge in [0.15, 0.2) is 0 Å². The molecule has 0 aliphatic heterocycles. The summed E-state index contributed by atoms with van der Waals surface area (Å²) < 4.78 is 12.4. The van der Waals surface area contributed by atoms with Crippen molar-refractivity contribution >= 4 is 14.3 Å². The van der Waals surface area contributed by atoms with Gasteiger partial charge in [-0.3, -0.25) is 0 Å². The second-order valence-electron chi connectivity index (χ2n) is 13.1. The Labute approximate surface area is 215 Å². The first-order valence-corrected chi connectivity index (χ1v) is 16.6. The predicted molar refractivity (Wildman–Crippen MR) is 148 cm³/mol. The fraction of sp³-hybridized carbons (Fsp3) is 0.774. The van der Waals surface area contributed by atoms with Crippen LogP contribution in [-0.2, 0) is 10.8 Å². The van der Waals surface area contributed by atoms with E-state index >= 15 is 0 Å². The number of aryl methyl sites for hydroxylation is 1. The molecule has 3 nitrogen and oxygen atoms in total. The summed E-state index contributed by atoms with van der Waals surface area (Å²) in [5.41, 5.74) is 5.08. The number of benzene rings is 1. The Morgan fingerprint density at radius 3 is 2.26 bits per heavy atom. The van der Waals surface area contributed by atoms with Crippen LogP contribution in [0.25, 0.3) is 0 Å². The van der Waals surface area contributed by atoms with Gasteiger partial charge >= 0.3 is 5.97 Å². The smallest absolute Gasteiger partial charge is 0.328 e. The van der Waals surface area contributed by atoms with E-state index in [1.165, 1.54) is 49.7 Å². The van der Waals surface area contributed by atoms with Gasteiger partial charge in [0.2, 0.25) is 0 Å². The molecule has 35 heavy (non-hydrogen) atoms. The van der Waals surface area contributed by atoms with Crippen molar-refractivity contribution in [3.8, 4) is 5.75 Å². The quantitative estimate of drug-likeness (QED) is 0.352. The van der Waals surface area contributed by atoms with E-state index in [0.717, 1.165) is 24.2 Å². The second kappa shape index (κ2) is 9.87. The first-order chi connectivity index (χ1) is 16.5. The molecule has 0 spiro atoms. The van der Waals surface area contributed by atoms with Crippen molar-refractivity contribution in [1.29, 1.82) is 0 Å². The van der Waals surface area contributed by atoms with Gasteiger partial charge in [-0.1, -0.05) is 61.8 Å². The minimum Gasteiger partial charge on any atom is -0.515 e. The van der Waals surface area contributed by atoms with Gasteiger partial charge in [-0.25, -0.2) is 4.79 Å². The van der Waals surface area contributed by atoms with Gasteiger partial charge in [0, 0.05) is 0 Å². The van der Waals surface area contributed by atoms with Crippen molar-refractivity contribution in [2.45, 2.75) is 123 Å². The highest BCUT2D eigenvalue weighted by Crippen LogP contribution is 2.63. The molecule has 3 aliphatic carbocycles. The molecule has 4 heteroatoms. The number of rotatable bonds is 7. The first kappa shape index (κ1) is 26.8. The van der Waals surface area contributed by atoms with Crippen molar-refractivity contribution < 1.29 is 14.0 Å². The predicted octanol–water partition coefficient (Wildman–Crippen LogP) is 8.91. The molecule has 0 amide bonds. The molecule has 3 aliphatic rings. The zero-order valence-corrected chi connectivity index (χ0v) is 24.9. The molecule has 0 heterocycles. The number of hydrogen-bond acceptors (Lipinski definition) is 3. The normalized spacial score (nSPS) is 30.3. The maximum atomic E-state index is 13.7. The van der Waals surface area contributed by atoms with Crippen molar-refractivity contribution in [2.75, 3.05) is 7.11 Å². The van der Waals surface area contributed by atoms with E-state index < -0.39 is 8.32 Å². The van der Waals surface area contributed by atoms with Gasteiger partial charge in [-0.2, -0.15) is 0 Å². The molecule has 4 rings (SSSR count). The van der Waals surface area contributed by atoms with Crippen molar-refractivity contribution in [2.24, 2.45) is 23.2 Å². The molecule has 1 aromatic rings. The molecule has 196 valence electrons. The van der Waals surface area contributed by atoms with E-state index in [4.69, 9.17) is 9.16 Å². The Morgan fingerprint density at radius 2 is 1.69 bits per heavy atom. The van der Waals surface area contributed by atoms with E-state index in [1.54, 1.807) is 7.11 Å². The van der Waals surface area contributed by atoms with Gasteiger partial charge in [0.05, 0.1) is 7.11 Å². The Balaban J connectivity index is 1.66. The Hall–Kier alpha value is -1.29. The molecule has 0 bridgehead atoms. The van der Waals surface area contributed by atoms with E-state index in [1.807, 2.05) is 0 Å². The molecule has 0 unspecified atom stereocenters. The molecule has 1 aromatic carbocycles. The summed E-state index contributed by atoms with van der Waals surface area (Å²) >= 11 is 0. The van der Waals surface area contributed by atoms with Gasteiger partial charge in [0.25, 0.3) is 8.32 Å². The van der Waals surface area contributed by atoms with Gasteiger partial charge < -0.3 is 9.16 Å². The Kier molecular flexibility index (Phi) is 7.55. The number of carbonyl (C=O) groups excluding carboxylic acids is 1. The molecule has 0 saturated heterocycles. The van der Waals surface area contributed by atoms with Crippen molar-refractivity contribution in [1.82, 2.24) is 0 Å². The van der Waals surface area contributed by atoms with E-state index in [2.05, 4.69) is 67.5 Å². The number of ether oxygens (including phenoxy) is 1. The first-order valence-electron chi connectivity index (χ1n) is 14.4. The molecule has 2 fully saturated rings. The molecule has 0 radical (unpaired) electrons. The Bertz CT molecular complexity index is 914. The average molecular weight is 499 g/mol. The summed E-state index contributed by atoms with van der Waals surface area (Å²) in [5.74, 6) is 3.68. The number of fused-ring (bicyclic) bond motifs is 5. The van der Waals surface area contributed by atoms with E-state index in [0.29, 0.717) is 39.3 Å². The van der Waals surface area contributed by atoms with Gasteiger partial charge in [-0.05, 0) is 107 Å². The monoisotopic (exact) mass is 498 g/mol. The van der Waals surface area contributed by atoms with Crippen LogP contribution in [0.15, 0.2) is 12.1 Å².